The second-order valence-electron chi connectivity index (χ2n) is 4.04. The van der Waals surface area contributed by atoms with Crippen molar-refractivity contribution in [2.75, 3.05) is 6.16 Å². The normalized spacial score (nSPS) is 24.2. The predicted molar refractivity (Wildman–Crippen MR) is 76.2 cm³/mol. The third-order valence-corrected chi connectivity index (χ3v) is 5.27. The fourth-order valence-electron chi connectivity index (χ4n) is 1.84. The number of Topliss-reactive ketones (excluding diaryl/α,β-unsaturated/α-hetero) is 1. The van der Waals surface area contributed by atoms with Crippen LogP contribution in [0.1, 0.15) is 19.8 Å². The summed E-state index contributed by atoms with van der Waals surface area (Å²) in [6.07, 6.45) is 3.04. The van der Waals surface area contributed by atoms with Crippen molar-refractivity contribution < 1.29 is 9.53 Å². The highest BCUT2D eigenvalue weighted by molar-refractivity contribution is 7.64. The van der Waals surface area contributed by atoms with Crippen molar-refractivity contribution in [2.24, 2.45) is 4.76 Å². The van der Waals surface area contributed by atoms with Crippen LogP contribution in [0.25, 0.3) is 0 Å². The Hall–Kier alpha value is -0.920. The smallest absolute Gasteiger partial charge is 0.174 e. The first-order chi connectivity index (χ1) is 8.72. The van der Waals surface area contributed by atoms with Crippen LogP contribution in [-0.2, 0) is 9.53 Å². The van der Waals surface area contributed by atoms with Crippen molar-refractivity contribution in [1.29, 1.82) is 0 Å². The summed E-state index contributed by atoms with van der Waals surface area (Å²) in [4.78, 5) is 11.9. The highest BCUT2D eigenvalue weighted by atomic mass is 35.5. The Kier molecular flexibility index (Phi) is 4.73. The number of carbonyl (C=O) groups is 1. The Balaban J connectivity index is 2.19. The number of hydrogen-bond acceptors (Lipinski definition) is 3. The molecule has 0 saturated heterocycles. The van der Waals surface area contributed by atoms with Gasteiger partial charge in [-0.05, 0) is 18.6 Å². The van der Waals surface area contributed by atoms with Crippen LogP contribution in [0.3, 0.4) is 0 Å². The summed E-state index contributed by atoms with van der Waals surface area (Å²) in [5, 5.41) is 1.72. The van der Waals surface area contributed by atoms with Gasteiger partial charge in [-0.3, -0.25) is 4.79 Å². The summed E-state index contributed by atoms with van der Waals surface area (Å²) < 4.78 is 9.80. The van der Waals surface area contributed by atoms with E-state index in [1.165, 1.54) is 6.40 Å². The maximum absolute atomic E-state index is 11.9. The van der Waals surface area contributed by atoms with Crippen LogP contribution >= 0.6 is 19.7 Å². The first kappa shape index (κ1) is 13.5. The molecule has 1 aliphatic heterocycles. The lowest BCUT2D eigenvalue weighted by atomic mass is 10.1. The van der Waals surface area contributed by atoms with Gasteiger partial charge in [0.05, 0.1) is 13.1 Å². The van der Waals surface area contributed by atoms with Crippen molar-refractivity contribution in [3.63, 3.8) is 0 Å². The zero-order valence-electron chi connectivity index (χ0n) is 10.2. The van der Waals surface area contributed by atoms with E-state index in [1.807, 2.05) is 31.2 Å². The van der Waals surface area contributed by atoms with Crippen molar-refractivity contribution in [2.45, 2.75) is 25.9 Å². The van der Waals surface area contributed by atoms with Crippen LogP contribution in [0, 0.1) is 0 Å². The number of rotatable bonds is 2. The lowest BCUT2D eigenvalue weighted by Crippen LogP contribution is -2.25. The topological polar surface area (TPSA) is 38.7 Å². The minimum Gasteiger partial charge on any atom is -0.472 e. The lowest BCUT2D eigenvalue weighted by Gasteiger charge is -2.20. The summed E-state index contributed by atoms with van der Waals surface area (Å²) >= 11 is 6.16. The van der Waals surface area contributed by atoms with Gasteiger partial charge in [-0.15, -0.1) is 0 Å². The first-order valence-corrected chi connectivity index (χ1v) is 7.81. The van der Waals surface area contributed by atoms with Gasteiger partial charge in [-0.25, -0.2) is 4.76 Å². The zero-order chi connectivity index (χ0) is 13.0. The molecule has 0 fully saturated rings. The Labute approximate surface area is 113 Å². The fourth-order valence-corrected chi connectivity index (χ4v) is 3.92. The van der Waals surface area contributed by atoms with Crippen LogP contribution in [0.2, 0.25) is 5.02 Å². The lowest BCUT2D eigenvalue weighted by molar-refractivity contribution is -0.125. The van der Waals surface area contributed by atoms with Gasteiger partial charge in [0.25, 0.3) is 0 Å². The molecular formula is C13H15ClNO2P. The van der Waals surface area contributed by atoms with E-state index in [-0.39, 0.29) is 11.9 Å². The summed E-state index contributed by atoms with van der Waals surface area (Å²) in [6.45, 7) is 1.94. The van der Waals surface area contributed by atoms with Gasteiger partial charge in [0.2, 0.25) is 0 Å². The molecule has 2 atom stereocenters. The third kappa shape index (κ3) is 3.09. The Morgan fingerprint density at radius 2 is 2.28 bits per heavy atom. The van der Waals surface area contributed by atoms with Gasteiger partial charge in [0, 0.05) is 11.7 Å². The standard InChI is InChI=1S/C13H15ClNO2P/c1-2-12-11(16)7-8-18(15-9-17-12)13-6-4-3-5-10(13)14/h3-6,9,12H,2,7-8H2,1H3. The third-order valence-electron chi connectivity index (χ3n) is 2.84. The van der Waals surface area contributed by atoms with Crippen LogP contribution in [-0.4, -0.2) is 24.4 Å². The maximum atomic E-state index is 11.9. The van der Waals surface area contributed by atoms with Crippen molar-refractivity contribution in [3.05, 3.63) is 29.3 Å². The van der Waals surface area contributed by atoms with E-state index in [9.17, 15) is 4.79 Å². The second kappa shape index (κ2) is 6.31. The molecule has 0 saturated carbocycles. The van der Waals surface area contributed by atoms with E-state index >= 15 is 0 Å². The Bertz CT molecular complexity index is 464. The summed E-state index contributed by atoms with van der Waals surface area (Å²) in [7, 11) is -0.790. The van der Waals surface area contributed by atoms with Gasteiger partial charge in [-0.1, -0.05) is 36.7 Å². The van der Waals surface area contributed by atoms with E-state index in [0.29, 0.717) is 17.9 Å². The van der Waals surface area contributed by atoms with Gasteiger partial charge in [0.1, 0.15) is 0 Å². The summed E-state index contributed by atoms with van der Waals surface area (Å²) in [5.41, 5.74) is 0. The summed E-state index contributed by atoms with van der Waals surface area (Å²) in [5.74, 6) is 0.156. The average Bonchev–Trinajstić information content (AvgIpc) is 2.36. The molecule has 0 amide bonds. The molecule has 1 aliphatic rings. The number of nitrogens with zero attached hydrogens (tertiary/aromatic N) is 1. The molecule has 0 aliphatic carbocycles. The monoisotopic (exact) mass is 283 g/mol. The molecule has 0 aromatic heterocycles. The quantitative estimate of drug-likeness (QED) is 0.782. The molecule has 2 unspecified atom stereocenters. The fraction of sp³-hybridized carbons (Fsp3) is 0.385. The Morgan fingerprint density at radius 3 is 3.00 bits per heavy atom. The molecule has 0 radical (unpaired) electrons. The van der Waals surface area contributed by atoms with Crippen molar-refractivity contribution in [1.82, 2.24) is 0 Å². The van der Waals surface area contributed by atoms with Gasteiger partial charge in [-0.2, -0.15) is 0 Å². The number of ketones is 1. The first-order valence-electron chi connectivity index (χ1n) is 5.95. The van der Waals surface area contributed by atoms with E-state index in [4.69, 9.17) is 16.3 Å². The molecule has 1 aromatic rings. The second-order valence-corrected chi connectivity index (χ2v) is 6.41. The minimum atomic E-state index is -0.790. The molecule has 5 heteroatoms. The zero-order valence-corrected chi connectivity index (χ0v) is 11.8. The largest absolute Gasteiger partial charge is 0.472 e. The predicted octanol–water partition coefficient (Wildman–Crippen LogP) is 3.16. The molecule has 1 aromatic carbocycles. The summed E-state index contributed by atoms with van der Waals surface area (Å²) in [6, 6.07) is 7.65. The molecule has 2 rings (SSSR count). The van der Waals surface area contributed by atoms with Gasteiger partial charge >= 0.3 is 0 Å². The number of carbonyl (C=O) groups excluding carboxylic acids is 1. The van der Waals surface area contributed by atoms with E-state index in [2.05, 4.69) is 4.76 Å². The molecule has 0 N–H and O–H groups in total. The van der Waals surface area contributed by atoms with E-state index < -0.39 is 8.07 Å². The van der Waals surface area contributed by atoms with E-state index in [0.717, 1.165) is 11.5 Å². The molecule has 3 nitrogen and oxygen atoms in total. The maximum Gasteiger partial charge on any atom is 0.174 e. The van der Waals surface area contributed by atoms with Crippen LogP contribution < -0.4 is 5.30 Å². The highest BCUT2D eigenvalue weighted by Crippen LogP contribution is 2.39. The number of halogens is 1. The molecule has 96 valence electrons. The number of hydrogen-bond donors (Lipinski definition) is 0. The van der Waals surface area contributed by atoms with Gasteiger partial charge < -0.3 is 4.74 Å². The highest BCUT2D eigenvalue weighted by Gasteiger charge is 2.22. The van der Waals surface area contributed by atoms with Gasteiger partial charge in [0.15, 0.2) is 18.3 Å². The van der Waals surface area contributed by atoms with Crippen LogP contribution in [0.4, 0.5) is 0 Å². The SMILES string of the molecule is CCC1OC=NP(c2ccccc2Cl)CCC1=O. The Morgan fingerprint density at radius 1 is 1.50 bits per heavy atom. The molecule has 0 bridgehead atoms. The molecule has 18 heavy (non-hydrogen) atoms. The van der Waals surface area contributed by atoms with Crippen molar-refractivity contribution in [3.8, 4) is 0 Å². The number of ether oxygens (including phenoxy) is 1. The average molecular weight is 284 g/mol. The number of benzene rings is 1. The molecule has 0 spiro atoms. The van der Waals surface area contributed by atoms with Crippen LogP contribution in [0.5, 0.6) is 0 Å². The molecular weight excluding hydrogens is 269 g/mol. The van der Waals surface area contributed by atoms with Crippen molar-refractivity contribution >= 4 is 37.2 Å². The van der Waals surface area contributed by atoms with Crippen LogP contribution in [0.15, 0.2) is 29.0 Å². The minimum absolute atomic E-state index is 0.156. The van der Waals surface area contributed by atoms with E-state index in [1.54, 1.807) is 0 Å². The molecule has 1 heterocycles.